The molecule has 0 unspecified atom stereocenters. The molecule has 0 bridgehead atoms. The van der Waals surface area contributed by atoms with Gasteiger partial charge in [0.05, 0.1) is 0 Å². The number of fused-ring (bicyclic) bond motifs is 4. The van der Waals surface area contributed by atoms with Crippen LogP contribution in [0.25, 0.3) is 21.9 Å². The molecule has 0 radical (unpaired) electrons. The van der Waals surface area contributed by atoms with E-state index in [1.165, 1.54) is 0 Å². The third-order valence-corrected chi connectivity index (χ3v) is 4.21. The predicted octanol–water partition coefficient (Wildman–Crippen LogP) is 3.15. The molecule has 2 atom stereocenters. The maximum absolute atomic E-state index is 10.3. The van der Waals surface area contributed by atoms with Gasteiger partial charge < -0.3 is 19.4 Å². The second-order valence-electron chi connectivity index (χ2n) is 6.08. The van der Waals surface area contributed by atoms with Gasteiger partial charge in [-0.2, -0.15) is 0 Å². The summed E-state index contributed by atoms with van der Waals surface area (Å²) in [5.74, 6) is 0.594. The Hall–Kier alpha value is -2.04. The zero-order valence-corrected chi connectivity index (χ0v) is 11.8. The topological polar surface area (TPSA) is 62.8 Å². The van der Waals surface area contributed by atoms with Crippen molar-refractivity contribution in [1.29, 1.82) is 0 Å². The number of furan rings is 1. The summed E-state index contributed by atoms with van der Waals surface area (Å²) in [6.45, 7) is 3.53. The summed E-state index contributed by atoms with van der Waals surface area (Å²) < 4.78 is 11.7. The average Bonchev–Trinajstić information content (AvgIpc) is 2.81. The molecule has 3 aromatic rings. The van der Waals surface area contributed by atoms with Crippen LogP contribution >= 0.6 is 0 Å². The molecule has 0 saturated heterocycles. The van der Waals surface area contributed by atoms with Gasteiger partial charge in [-0.15, -0.1) is 0 Å². The normalized spacial score (nSPS) is 24.0. The van der Waals surface area contributed by atoms with Gasteiger partial charge in [-0.05, 0) is 32.0 Å². The van der Waals surface area contributed by atoms with Crippen LogP contribution in [0.4, 0.5) is 0 Å². The summed E-state index contributed by atoms with van der Waals surface area (Å²) in [4.78, 5) is 0. The summed E-state index contributed by atoms with van der Waals surface area (Å²) in [7, 11) is 0. The van der Waals surface area contributed by atoms with Gasteiger partial charge in [0.25, 0.3) is 0 Å². The Balaban J connectivity index is 2.02. The highest BCUT2D eigenvalue weighted by molar-refractivity contribution is 6.05. The second kappa shape index (κ2) is 4.00. The van der Waals surface area contributed by atoms with Crippen molar-refractivity contribution in [2.24, 2.45) is 0 Å². The van der Waals surface area contributed by atoms with E-state index < -0.39 is 17.8 Å². The molecule has 0 amide bonds. The largest absolute Gasteiger partial charge is 0.485 e. The minimum Gasteiger partial charge on any atom is -0.485 e. The minimum absolute atomic E-state index is 0.563. The number of hydrogen-bond donors (Lipinski definition) is 2. The number of aliphatic hydroxyl groups is 2. The van der Waals surface area contributed by atoms with Gasteiger partial charge >= 0.3 is 0 Å². The van der Waals surface area contributed by atoms with Crippen LogP contribution in [0.2, 0.25) is 0 Å². The molecule has 4 rings (SSSR count). The summed E-state index contributed by atoms with van der Waals surface area (Å²) in [6, 6.07) is 11.4. The SMILES string of the molecule is CC1(C)Oc2cc3c(cc2[C@H](O)[C@@H]1O)oc1ccccc13. The fourth-order valence-corrected chi connectivity index (χ4v) is 2.98. The minimum atomic E-state index is -0.985. The van der Waals surface area contributed by atoms with Gasteiger partial charge in [0.15, 0.2) is 0 Å². The average molecular weight is 284 g/mol. The van der Waals surface area contributed by atoms with Crippen molar-refractivity contribution < 1.29 is 19.4 Å². The molecule has 1 aromatic heterocycles. The van der Waals surface area contributed by atoms with E-state index in [1.807, 2.05) is 30.3 Å². The van der Waals surface area contributed by atoms with Gasteiger partial charge in [0.1, 0.15) is 34.7 Å². The van der Waals surface area contributed by atoms with Crippen molar-refractivity contribution in [1.82, 2.24) is 0 Å². The van der Waals surface area contributed by atoms with Crippen LogP contribution in [0.1, 0.15) is 25.5 Å². The number of benzene rings is 2. The molecule has 1 aliphatic heterocycles. The Bertz CT molecular complexity index is 846. The molecule has 4 heteroatoms. The van der Waals surface area contributed by atoms with Crippen LogP contribution < -0.4 is 4.74 Å². The Morgan fingerprint density at radius 2 is 1.76 bits per heavy atom. The molecule has 108 valence electrons. The molecular weight excluding hydrogens is 268 g/mol. The number of ether oxygens (including phenoxy) is 1. The molecule has 2 heterocycles. The molecule has 0 aliphatic carbocycles. The van der Waals surface area contributed by atoms with Crippen LogP contribution in [0.5, 0.6) is 5.75 Å². The number of para-hydroxylation sites is 1. The van der Waals surface area contributed by atoms with E-state index in [2.05, 4.69) is 0 Å². The monoisotopic (exact) mass is 284 g/mol. The van der Waals surface area contributed by atoms with Crippen LogP contribution in [0.3, 0.4) is 0 Å². The van der Waals surface area contributed by atoms with Crippen molar-refractivity contribution in [3.05, 3.63) is 42.0 Å². The standard InChI is InChI=1S/C17H16O4/c1-17(2)16(19)15(18)11-8-13-10(7-14(11)21-17)9-5-3-4-6-12(9)20-13/h3-8,15-16,18-19H,1-2H3/t15-,16-/m0/s1. The van der Waals surface area contributed by atoms with Gasteiger partial charge in [-0.3, -0.25) is 0 Å². The van der Waals surface area contributed by atoms with Crippen LogP contribution in [-0.4, -0.2) is 21.9 Å². The summed E-state index contributed by atoms with van der Waals surface area (Å²) in [5.41, 5.74) is 1.21. The smallest absolute Gasteiger partial charge is 0.136 e. The van der Waals surface area contributed by atoms with Crippen LogP contribution in [0.15, 0.2) is 40.8 Å². The lowest BCUT2D eigenvalue weighted by molar-refractivity contribution is -0.111. The quantitative estimate of drug-likeness (QED) is 0.665. The van der Waals surface area contributed by atoms with E-state index in [0.29, 0.717) is 16.9 Å². The van der Waals surface area contributed by atoms with E-state index in [4.69, 9.17) is 9.15 Å². The van der Waals surface area contributed by atoms with Crippen molar-refractivity contribution in [3.63, 3.8) is 0 Å². The lowest BCUT2D eigenvalue weighted by atomic mass is 9.88. The molecular formula is C17H16O4. The molecule has 0 saturated carbocycles. The maximum atomic E-state index is 10.3. The third-order valence-electron chi connectivity index (χ3n) is 4.21. The van der Waals surface area contributed by atoms with E-state index in [-0.39, 0.29) is 0 Å². The summed E-state index contributed by atoms with van der Waals surface area (Å²) >= 11 is 0. The zero-order valence-electron chi connectivity index (χ0n) is 11.8. The van der Waals surface area contributed by atoms with Gasteiger partial charge in [-0.25, -0.2) is 0 Å². The zero-order chi connectivity index (χ0) is 14.8. The van der Waals surface area contributed by atoms with E-state index in [0.717, 1.165) is 16.4 Å². The Kier molecular flexibility index (Phi) is 2.41. The molecule has 0 fully saturated rings. The second-order valence-corrected chi connectivity index (χ2v) is 6.08. The van der Waals surface area contributed by atoms with Gasteiger partial charge in [0, 0.05) is 16.3 Å². The Morgan fingerprint density at radius 3 is 2.57 bits per heavy atom. The number of hydrogen-bond acceptors (Lipinski definition) is 4. The van der Waals surface area contributed by atoms with E-state index in [9.17, 15) is 10.2 Å². The highest BCUT2D eigenvalue weighted by Gasteiger charge is 2.42. The first-order valence-electron chi connectivity index (χ1n) is 6.98. The van der Waals surface area contributed by atoms with E-state index >= 15 is 0 Å². The van der Waals surface area contributed by atoms with Crippen molar-refractivity contribution in [3.8, 4) is 5.75 Å². The fourth-order valence-electron chi connectivity index (χ4n) is 2.98. The molecule has 0 spiro atoms. The highest BCUT2D eigenvalue weighted by atomic mass is 16.5. The van der Waals surface area contributed by atoms with Crippen molar-refractivity contribution >= 4 is 21.9 Å². The fraction of sp³-hybridized carbons (Fsp3) is 0.294. The van der Waals surface area contributed by atoms with Gasteiger partial charge in [0.2, 0.25) is 0 Å². The highest BCUT2D eigenvalue weighted by Crippen LogP contribution is 2.43. The molecule has 21 heavy (non-hydrogen) atoms. The molecule has 4 nitrogen and oxygen atoms in total. The molecule has 2 aromatic carbocycles. The van der Waals surface area contributed by atoms with Crippen LogP contribution in [0, 0.1) is 0 Å². The Labute approximate surface area is 121 Å². The lowest BCUT2D eigenvalue weighted by Crippen LogP contribution is -2.48. The first-order chi connectivity index (χ1) is 9.97. The predicted molar refractivity (Wildman–Crippen MR) is 79.4 cm³/mol. The molecule has 2 N–H and O–H groups in total. The van der Waals surface area contributed by atoms with Gasteiger partial charge in [-0.1, -0.05) is 18.2 Å². The summed E-state index contributed by atoms with van der Waals surface area (Å²) in [5, 5.41) is 22.4. The molecule has 1 aliphatic rings. The van der Waals surface area contributed by atoms with Crippen molar-refractivity contribution in [2.75, 3.05) is 0 Å². The van der Waals surface area contributed by atoms with E-state index in [1.54, 1.807) is 19.9 Å². The Morgan fingerprint density at radius 1 is 1.00 bits per heavy atom. The van der Waals surface area contributed by atoms with Crippen molar-refractivity contribution in [2.45, 2.75) is 31.7 Å². The third kappa shape index (κ3) is 1.69. The van der Waals surface area contributed by atoms with Crippen LogP contribution in [-0.2, 0) is 0 Å². The summed E-state index contributed by atoms with van der Waals surface area (Å²) in [6.07, 6.45) is -1.96. The number of aliphatic hydroxyl groups excluding tert-OH is 2. The number of rotatable bonds is 0. The lowest BCUT2D eigenvalue weighted by Gasteiger charge is -2.39. The first-order valence-corrected chi connectivity index (χ1v) is 6.98. The first kappa shape index (κ1) is 12.7. The maximum Gasteiger partial charge on any atom is 0.136 e.